The number of nitrogen functional groups attached to an aromatic ring is 1. The van der Waals surface area contributed by atoms with E-state index >= 15 is 0 Å². The maximum atomic E-state index is 11.8. The van der Waals surface area contributed by atoms with Gasteiger partial charge in [0.05, 0.1) is 5.69 Å². The van der Waals surface area contributed by atoms with E-state index in [0.29, 0.717) is 17.8 Å². The van der Waals surface area contributed by atoms with Crippen LogP contribution in [0.5, 0.6) is 0 Å². The fourth-order valence-electron chi connectivity index (χ4n) is 2.97. The molecule has 2 N–H and O–H groups in total. The second-order valence-electron chi connectivity index (χ2n) is 6.64. The smallest absolute Gasteiger partial charge is 0.184 e. The van der Waals surface area contributed by atoms with E-state index in [4.69, 9.17) is 10.3 Å². The normalized spacial score (nSPS) is 11.3. The highest BCUT2D eigenvalue weighted by molar-refractivity contribution is 5.93. The Morgan fingerprint density at radius 2 is 2.00 bits per heavy atom. The maximum absolute atomic E-state index is 11.8. The largest absolute Gasteiger partial charge is 0.398 e. The van der Waals surface area contributed by atoms with Crippen molar-refractivity contribution in [3.8, 4) is 11.3 Å². The summed E-state index contributed by atoms with van der Waals surface area (Å²) >= 11 is 0. The van der Waals surface area contributed by atoms with Gasteiger partial charge in [0.25, 0.3) is 0 Å². The third-order valence-corrected chi connectivity index (χ3v) is 4.51. The fraction of sp³-hybridized carbons (Fsp3) is 0.333. The van der Waals surface area contributed by atoms with E-state index in [9.17, 15) is 4.79 Å². The molecular weight excluding hydrogens is 356 g/mol. The summed E-state index contributed by atoms with van der Waals surface area (Å²) in [6.45, 7) is 0. The molecule has 0 aliphatic carbocycles. The lowest BCUT2D eigenvalue weighted by molar-refractivity contribution is 0.0970. The number of carbonyl (C=O) groups is 1. The van der Waals surface area contributed by atoms with Crippen LogP contribution in [0.25, 0.3) is 11.3 Å². The van der Waals surface area contributed by atoms with Crippen molar-refractivity contribution in [3.63, 3.8) is 0 Å². The minimum atomic E-state index is 0.0332. The predicted molar refractivity (Wildman–Crippen MR) is 107 cm³/mol. The van der Waals surface area contributed by atoms with E-state index in [0.717, 1.165) is 54.7 Å². The summed E-state index contributed by atoms with van der Waals surface area (Å²) in [7, 11) is 1.71. The first-order valence-electron chi connectivity index (χ1n) is 9.38. The van der Waals surface area contributed by atoms with Crippen LogP contribution in [0.1, 0.15) is 53.8 Å². The second-order valence-corrected chi connectivity index (χ2v) is 6.64. The highest BCUT2D eigenvalue weighted by Gasteiger charge is 2.10. The standard InChI is InChI=1S/C21H24N4O3/c1-23-14-16-12-15(8-9-18(16)22)21-13-17(24-28-21)6-4-2-3-5-7-20(26)19-10-11-27-25-19/h8-14H,2-7,22H2,1H3. The summed E-state index contributed by atoms with van der Waals surface area (Å²) in [6.07, 6.45) is 8.37. The van der Waals surface area contributed by atoms with Gasteiger partial charge in [-0.2, -0.15) is 0 Å². The molecular formula is C21H24N4O3. The van der Waals surface area contributed by atoms with Gasteiger partial charge >= 0.3 is 0 Å². The number of anilines is 1. The van der Waals surface area contributed by atoms with Gasteiger partial charge in [-0.3, -0.25) is 9.79 Å². The third-order valence-electron chi connectivity index (χ3n) is 4.51. The number of hydrogen-bond acceptors (Lipinski definition) is 7. The molecule has 7 nitrogen and oxygen atoms in total. The molecule has 1 aromatic carbocycles. The zero-order valence-electron chi connectivity index (χ0n) is 15.9. The Kier molecular flexibility index (Phi) is 6.73. The molecule has 2 heterocycles. The zero-order valence-corrected chi connectivity index (χ0v) is 15.9. The molecule has 2 aromatic heterocycles. The van der Waals surface area contributed by atoms with Gasteiger partial charge in [-0.1, -0.05) is 23.2 Å². The van der Waals surface area contributed by atoms with Crippen molar-refractivity contribution in [1.82, 2.24) is 10.3 Å². The fourth-order valence-corrected chi connectivity index (χ4v) is 2.97. The number of benzene rings is 1. The van der Waals surface area contributed by atoms with Gasteiger partial charge < -0.3 is 14.8 Å². The number of hydrogen-bond donors (Lipinski definition) is 1. The molecule has 0 aliphatic rings. The van der Waals surface area contributed by atoms with Crippen LogP contribution in [-0.2, 0) is 6.42 Å². The number of carbonyl (C=O) groups excluding carboxylic acids is 1. The van der Waals surface area contributed by atoms with Crippen molar-refractivity contribution in [3.05, 3.63) is 53.5 Å². The molecule has 0 aliphatic heterocycles. The van der Waals surface area contributed by atoms with Gasteiger partial charge in [0.15, 0.2) is 11.5 Å². The van der Waals surface area contributed by atoms with Gasteiger partial charge in [0, 0.05) is 48.6 Å². The number of ketones is 1. The lowest BCUT2D eigenvalue weighted by atomic mass is 10.0. The summed E-state index contributed by atoms with van der Waals surface area (Å²) in [5.41, 5.74) is 9.74. The van der Waals surface area contributed by atoms with Crippen LogP contribution in [0.2, 0.25) is 0 Å². The molecule has 0 amide bonds. The molecule has 7 heteroatoms. The van der Waals surface area contributed by atoms with E-state index in [1.165, 1.54) is 6.26 Å². The van der Waals surface area contributed by atoms with E-state index in [-0.39, 0.29) is 5.78 Å². The number of nitrogens with zero attached hydrogens (tertiary/aromatic N) is 3. The minimum Gasteiger partial charge on any atom is -0.398 e. The Bertz CT molecular complexity index is 929. The van der Waals surface area contributed by atoms with Gasteiger partial charge in [-0.05, 0) is 37.5 Å². The molecule has 146 valence electrons. The monoisotopic (exact) mass is 380 g/mol. The summed E-state index contributed by atoms with van der Waals surface area (Å²) < 4.78 is 10.2. The van der Waals surface area contributed by atoms with Crippen molar-refractivity contribution in [2.75, 3.05) is 12.8 Å². The lowest BCUT2D eigenvalue weighted by Crippen LogP contribution is -1.98. The highest BCUT2D eigenvalue weighted by atomic mass is 16.5. The molecule has 0 bridgehead atoms. The number of nitrogens with two attached hydrogens (primary N) is 1. The molecule has 3 aromatic rings. The summed E-state index contributed by atoms with van der Waals surface area (Å²) in [6, 6.07) is 9.27. The molecule has 28 heavy (non-hydrogen) atoms. The molecule has 0 fully saturated rings. The Morgan fingerprint density at radius 1 is 1.14 bits per heavy atom. The topological polar surface area (TPSA) is 108 Å². The minimum absolute atomic E-state index is 0.0332. The van der Waals surface area contributed by atoms with Crippen LogP contribution in [0.4, 0.5) is 5.69 Å². The number of unbranched alkanes of at least 4 members (excludes halogenated alkanes) is 3. The van der Waals surface area contributed by atoms with E-state index in [2.05, 4.69) is 19.8 Å². The summed E-state index contributed by atoms with van der Waals surface area (Å²) in [5, 5.41) is 7.82. The van der Waals surface area contributed by atoms with Crippen molar-refractivity contribution in [2.24, 2.45) is 4.99 Å². The first-order chi connectivity index (χ1) is 13.7. The third kappa shape index (κ3) is 5.16. The number of Topliss-reactive ketones (excluding diaryl/α,β-unsaturated/α-hetero) is 1. The average molecular weight is 380 g/mol. The van der Waals surface area contributed by atoms with Gasteiger partial charge in [-0.25, -0.2) is 0 Å². The maximum Gasteiger partial charge on any atom is 0.184 e. The average Bonchev–Trinajstić information content (AvgIpc) is 3.38. The zero-order chi connectivity index (χ0) is 19.8. The molecule has 0 saturated heterocycles. The molecule has 0 spiro atoms. The molecule has 0 atom stereocenters. The van der Waals surface area contributed by atoms with Crippen molar-refractivity contribution >= 4 is 17.7 Å². The molecule has 0 unspecified atom stereocenters. The Morgan fingerprint density at radius 3 is 2.79 bits per heavy atom. The number of aromatic nitrogens is 2. The Hall–Kier alpha value is -3.22. The predicted octanol–water partition coefficient (Wildman–Crippen LogP) is 4.34. The molecule has 0 radical (unpaired) electrons. The number of aliphatic imine (C=N–C) groups is 1. The molecule has 0 saturated carbocycles. The van der Waals surface area contributed by atoms with Crippen LogP contribution in [0, 0.1) is 0 Å². The van der Waals surface area contributed by atoms with Gasteiger partial charge in [0.2, 0.25) is 0 Å². The van der Waals surface area contributed by atoms with E-state index in [1.807, 2.05) is 24.3 Å². The van der Waals surface area contributed by atoms with Crippen molar-refractivity contribution in [2.45, 2.75) is 38.5 Å². The van der Waals surface area contributed by atoms with Gasteiger partial charge in [0.1, 0.15) is 12.0 Å². The second kappa shape index (κ2) is 9.64. The summed E-state index contributed by atoms with van der Waals surface area (Å²) in [5.74, 6) is 0.754. The first-order valence-corrected chi connectivity index (χ1v) is 9.38. The quantitative estimate of drug-likeness (QED) is 0.243. The lowest BCUT2D eigenvalue weighted by Gasteiger charge is -2.02. The highest BCUT2D eigenvalue weighted by Crippen LogP contribution is 2.24. The van der Waals surface area contributed by atoms with E-state index in [1.54, 1.807) is 19.3 Å². The van der Waals surface area contributed by atoms with Crippen LogP contribution in [0.3, 0.4) is 0 Å². The summed E-state index contributed by atoms with van der Waals surface area (Å²) in [4.78, 5) is 15.8. The Balaban J connectivity index is 1.43. The van der Waals surface area contributed by atoms with Crippen LogP contribution < -0.4 is 5.73 Å². The SMILES string of the molecule is CN=Cc1cc(-c2cc(CCCCCCC(=O)c3ccon3)no2)ccc1N. The molecule has 3 rings (SSSR count). The van der Waals surface area contributed by atoms with Crippen LogP contribution in [-0.4, -0.2) is 29.4 Å². The van der Waals surface area contributed by atoms with Crippen LogP contribution in [0.15, 0.2) is 50.6 Å². The number of rotatable bonds is 10. The van der Waals surface area contributed by atoms with Crippen LogP contribution >= 0.6 is 0 Å². The van der Waals surface area contributed by atoms with Crippen molar-refractivity contribution < 1.29 is 13.8 Å². The van der Waals surface area contributed by atoms with E-state index < -0.39 is 0 Å². The first kappa shape index (κ1) is 19.5. The number of aryl methyl sites for hydroxylation is 1. The van der Waals surface area contributed by atoms with Gasteiger partial charge in [-0.15, -0.1) is 0 Å². The Labute approximate surface area is 163 Å². The van der Waals surface area contributed by atoms with Crippen molar-refractivity contribution in [1.29, 1.82) is 0 Å².